The molecule has 0 bridgehead atoms. The lowest BCUT2D eigenvalue weighted by Gasteiger charge is -2.40. The third-order valence-corrected chi connectivity index (χ3v) is 5.97. The van der Waals surface area contributed by atoms with Gasteiger partial charge in [0.05, 0.1) is 18.3 Å². The molecule has 0 aliphatic heterocycles. The fraction of sp³-hybridized carbons (Fsp3) is 0.429. The van der Waals surface area contributed by atoms with Crippen LogP contribution in [-0.2, 0) is 16.1 Å². The molecule has 0 fully saturated rings. The van der Waals surface area contributed by atoms with E-state index in [1.165, 1.54) is 7.11 Å². The number of hydrogen-bond donors (Lipinski definition) is 1. The first-order valence-electron chi connectivity index (χ1n) is 11.9. The molecule has 0 spiro atoms. The van der Waals surface area contributed by atoms with Crippen molar-refractivity contribution >= 4 is 5.91 Å². The first kappa shape index (κ1) is 26.6. The highest BCUT2D eigenvalue weighted by Gasteiger charge is 2.39. The van der Waals surface area contributed by atoms with Crippen LogP contribution in [0.4, 0.5) is 4.39 Å². The van der Waals surface area contributed by atoms with Crippen LogP contribution < -0.4 is 5.73 Å². The summed E-state index contributed by atoms with van der Waals surface area (Å²) in [5.74, 6) is 0.403. The largest absolute Gasteiger partial charge is 0.375 e. The molecule has 0 saturated heterocycles. The number of benzene rings is 2. The zero-order chi connectivity index (χ0) is 25.6. The number of rotatable bonds is 10. The van der Waals surface area contributed by atoms with Crippen molar-refractivity contribution in [2.24, 2.45) is 11.1 Å². The van der Waals surface area contributed by atoms with Crippen molar-refractivity contribution in [2.75, 3.05) is 26.8 Å². The number of ether oxygens (including phenoxy) is 1. The number of carbonyl (C=O) groups excluding carboxylic acids is 1. The lowest BCUT2D eigenvalue weighted by atomic mass is 9.84. The number of methoxy groups -OCH3 is 1. The standard InChI is InChI=1S/C28H37FN4O2/c1-20-11-13-22(14-12-20)24-18-32(16-21-9-7-6-8-10-21)27(31-24)26(28(2,3)4)33(17-23(29)15-30)25(34)19-35-5/h6-14,18,23,26H,15-17,19,30H2,1-5H3. The van der Waals surface area contributed by atoms with Crippen LogP contribution in [0.5, 0.6) is 0 Å². The highest BCUT2D eigenvalue weighted by molar-refractivity contribution is 5.78. The molecule has 1 amide bonds. The van der Waals surface area contributed by atoms with Gasteiger partial charge < -0.3 is 19.9 Å². The Bertz CT molecular complexity index is 1090. The predicted octanol–water partition coefficient (Wildman–Crippen LogP) is 4.77. The Labute approximate surface area is 207 Å². The van der Waals surface area contributed by atoms with Gasteiger partial charge >= 0.3 is 0 Å². The minimum Gasteiger partial charge on any atom is -0.375 e. The van der Waals surface area contributed by atoms with Crippen LogP contribution in [-0.4, -0.2) is 53.3 Å². The van der Waals surface area contributed by atoms with Gasteiger partial charge in [-0.15, -0.1) is 0 Å². The Hall–Kier alpha value is -3.03. The van der Waals surface area contributed by atoms with Crippen LogP contribution >= 0.6 is 0 Å². The smallest absolute Gasteiger partial charge is 0.249 e. The number of aromatic nitrogens is 2. The summed E-state index contributed by atoms with van der Waals surface area (Å²) in [6.07, 6.45) is 0.662. The second kappa shape index (κ2) is 11.6. The van der Waals surface area contributed by atoms with Crippen molar-refractivity contribution in [2.45, 2.75) is 46.5 Å². The van der Waals surface area contributed by atoms with Crippen molar-refractivity contribution < 1.29 is 13.9 Å². The minimum atomic E-state index is -1.35. The molecule has 0 aliphatic carbocycles. The summed E-state index contributed by atoms with van der Waals surface area (Å²) in [5, 5.41) is 0. The second-order valence-electron chi connectivity index (χ2n) is 10.0. The van der Waals surface area contributed by atoms with Gasteiger partial charge in [0, 0.05) is 32.0 Å². The maximum absolute atomic E-state index is 14.6. The molecule has 2 aromatic carbocycles. The molecular weight excluding hydrogens is 443 g/mol. The van der Waals surface area contributed by atoms with Gasteiger partial charge in [-0.2, -0.15) is 0 Å². The van der Waals surface area contributed by atoms with Crippen molar-refractivity contribution in [3.05, 3.63) is 77.7 Å². The van der Waals surface area contributed by atoms with Crippen LogP contribution in [0.3, 0.4) is 0 Å². The molecule has 6 nitrogen and oxygen atoms in total. The molecule has 0 radical (unpaired) electrons. The predicted molar refractivity (Wildman–Crippen MR) is 138 cm³/mol. The highest BCUT2D eigenvalue weighted by atomic mass is 19.1. The topological polar surface area (TPSA) is 73.4 Å². The van der Waals surface area contributed by atoms with Crippen molar-refractivity contribution in [3.8, 4) is 11.3 Å². The zero-order valence-electron chi connectivity index (χ0n) is 21.4. The molecule has 0 saturated carbocycles. The summed E-state index contributed by atoms with van der Waals surface area (Å²) in [6, 6.07) is 17.8. The van der Waals surface area contributed by atoms with E-state index in [-0.39, 0.29) is 25.6 Å². The molecule has 0 aliphatic rings. The van der Waals surface area contributed by atoms with Gasteiger partial charge in [0.15, 0.2) is 0 Å². The SMILES string of the molecule is COCC(=O)N(CC(F)CN)C(c1nc(-c2ccc(C)cc2)cn1Cc1ccccc1)C(C)(C)C. The molecule has 2 atom stereocenters. The molecule has 1 aromatic heterocycles. The summed E-state index contributed by atoms with van der Waals surface area (Å²) in [7, 11) is 1.46. The lowest BCUT2D eigenvalue weighted by molar-refractivity contribution is -0.141. The van der Waals surface area contributed by atoms with Crippen molar-refractivity contribution in [1.29, 1.82) is 0 Å². The average Bonchev–Trinajstić information content (AvgIpc) is 3.21. The number of halogens is 1. The Morgan fingerprint density at radius 3 is 2.37 bits per heavy atom. The molecule has 1 heterocycles. The third-order valence-electron chi connectivity index (χ3n) is 5.97. The van der Waals surface area contributed by atoms with E-state index in [1.807, 2.05) is 64.2 Å². The van der Waals surface area contributed by atoms with Crippen LogP contribution in [0.15, 0.2) is 60.8 Å². The number of amides is 1. The van der Waals surface area contributed by atoms with E-state index < -0.39 is 17.6 Å². The fourth-order valence-electron chi connectivity index (χ4n) is 4.26. The zero-order valence-corrected chi connectivity index (χ0v) is 21.4. The highest BCUT2D eigenvalue weighted by Crippen LogP contribution is 2.39. The first-order valence-corrected chi connectivity index (χ1v) is 11.9. The number of carbonyl (C=O) groups is 1. The maximum Gasteiger partial charge on any atom is 0.249 e. The van der Waals surface area contributed by atoms with Crippen LogP contribution in [0.25, 0.3) is 11.3 Å². The fourth-order valence-corrected chi connectivity index (χ4v) is 4.26. The van der Waals surface area contributed by atoms with Gasteiger partial charge in [0.2, 0.25) is 5.91 Å². The number of hydrogen-bond acceptors (Lipinski definition) is 4. The van der Waals surface area contributed by atoms with Gasteiger partial charge in [-0.1, -0.05) is 80.9 Å². The molecule has 3 aromatic rings. The van der Waals surface area contributed by atoms with Gasteiger partial charge in [-0.3, -0.25) is 4.79 Å². The summed E-state index contributed by atoms with van der Waals surface area (Å²) >= 11 is 0. The van der Waals surface area contributed by atoms with Gasteiger partial charge in [0.1, 0.15) is 18.6 Å². The molecule has 3 rings (SSSR count). The summed E-state index contributed by atoms with van der Waals surface area (Å²) in [4.78, 5) is 19.8. The second-order valence-corrected chi connectivity index (χ2v) is 10.0. The Kier molecular flexibility index (Phi) is 8.81. The van der Waals surface area contributed by atoms with Crippen molar-refractivity contribution in [3.63, 3.8) is 0 Å². The summed E-state index contributed by atoms with van der Waals surface area (Å²) in [5.41, 5.74) is 9.22. The molecular formula is C28H37FN4O2. The van der Waals surface area contributed by atoms with E-state index in [4.69, 9.17) is 15.5 Å². The monoisotopic (exact) mass is 480 g/mol. The van der Waals surface area contributed by atoms with Gasteiger partial charge in [0.25, 0.3) is 0 Å². The van der Waals surface area contributed by atoms with E-state index in [0.29, 0.717) is 12.4 Å². The number of imidazole rings is 1. The van der Waals surface area contributed by atoms with E-state index >= 15 is 0 Å². The first-order chi connectivity index (χ1) is 16.6. The molecule has 2 N–H and O–H groups in total. The van der Waals surface area contributed by atoms with Crippen LogP contribution in [0.1, 0.15) is 43.8 Å². The molecule has 2 unspecified atom stereocenters. The number of aryl methyl sites for hydroxylation is 1. The Balaban J connectivity index is 2.17. The Morgan fingerprint density at radius 2 is 1.80 bits per heavy atom. The molecule has 35 heavy (non-hydrogen) atoms. The van der Waals surface area contributed by atoms with Gasteiger partial charge in [-0.25, -0.2) is 9.37 Å². The molecule has 7 heteroatoms. The number of nitrogens with two attached hydrogens (primary N) is 1. The van der Waals surface area contributed by atoms with E-state index in [0.717, 1.165) is 22.4 Å². The van der Waals surface area contributed by atoms with Crippen molar-refractivity contribution in [1.82, 2.24) is 14.5 Å². The minimum absolute atomic E-state index is 0.126. The van der Waals surface area contributed by atoms with Crippen LogP contribution in [0, 0.1) is 12.3 Å². The maximum atomic E-state index is 14.6. The Morgan fingerprint density at radius 1 is 1.14 bits per heavy atom. The third kappa shape index (κ3) is 6.77. The van der Waals surface area contributed by atoms with E-state index in [9.17, 15) is 9.18 Å². The summed E-state index contributed by atoms with van der Waals surface area (Å²) in [6.45, 7) is 8.29. The number of alkyl halides is 1. The molecule has 188 valence electrons. The van der Waals surface area contributed by atoms with Crippen LogP contribution in [0.2, 0.25) is 0 Å². The normalized spacial score (nSPS) is 13.5. The van der Waals surface area contributed by atoms with E-state index in [1.54, 1.807) is 4.90 Å². The quantitative estimate of drug-likeness (QED) is 0.454. The average molecular weight is 481 g/mol. The van der Waals surface area contributed by atoms with E-state index in [2.05, 4.69) is 28.8 Å². The van der Waals surface area contributed by atoms with Gasteiger partial charge in [-0.05, 0) is 17.9 Å². The summed E-state index contributed by atoms with van der Waals surface area (Å²) < 4.78 is 21.8. The lowest BCUT2D eigenvalue weighted by Crippen LogP contribution is -2.47. The number of nitrogens with zero attached hydrogens (tertiary/aromatic N) is 3.